The number of methoxy groups -OCH3 is 1. The van der Waals surface area contributed by atoms with Gasteiger partial charge in [-0.15, -0.1) is 0 Å². The monoisotopic (exact) mass is 427 g/mol. The summed E-state index contributed by atoms with van der Waals surface area (Å²) < 4.78 is 52.9. The molecule has 10 heteroatoms. The highest BCUT2D eigenvalue weighted by Gasteiger charge is 2.29. The van der Waals surface area contributed by atoms with Crippen molar-refractivity contribution in [3.05, 3.63) is 47.9 Å². The number of alkyl halides is 3. The molecule has 0 saturated heterocycles. The van der Waals surface area contributed by atoms with Crippen molar-refractivity contribution in [2.45, 2.75) is 33.9 Å². The first-order chi connectivity index (χ1) is 14.2. The Morgan fingerprint density at radius 2 is 1.87 bits per heavy atom. The van der Waals surface area contributed by atoms with Crippen LogP contribution in [0.4, 0.5) is 13.2 Å². The SMILES string of the molecule is CC.COC=O.Cc1nn2ccc(Oc3ncccc3OCC(F)(F)F)cc2c1C. The third-order valence-electron chi connectivity index (χ3n) is 3.53. The molecule has 0 radical (unpaired) electrons. The zero-order valence-corrected chi connectivity index (χ0v) is 17.4. The minimum atomic E-state index is -4.43. The van der Waals surface area contributed by atoms with Gasteiger partial charge in [-0.05, 0) is 37.6 Å². The van der Waals surface area contributed by atoms with Crippen LogP contribution in [0.25, 0.3) is 5.52 Å². The fraction of sp³-hybridized carbons (Fsp3) is 0.350. The van der Waals surface area contributed by atoms with Gasteiger partial charge in [-0.25, -0.2) is 9.50 Å². The number of halogens is 3. The average molecular weight is 427 g/mol. The predicted molar refractivity (Wildman–Crippen MR) is 105 cm³/mol. The number of nitrogens with zero attached hydrogens (tertiary/aromatic N) is 3. The average Bonchev–Trinajstić information content (AvgIpc) is 3.02. The summed E-state index contributed by atoms with van der Waals surface area (Å²) in [5.74, 6) is 0.331. The Balaban J connectivity index is 0.000000673. The zero-order valence-electron chi connectivity index (χ0n) is 17.4. The van der Waals surface area contributed by atoms with Crippen LogP contribution in [0.15, 0.2) is 36.7 Å². The van der Waals surface area contributed by atoms with Crippen molar-refractivity contribution in [3.8, 4) is 17.4 Å². The number of carbonyl (C=O) groups is 1. The Labute approximate surface area is 172 Å². The summed E-state index contributed by atoms with van der Waals surface area (Å²) in [5.41, 5.74) is 2.73. The van der Waals surface area contributed by atoms with Crippen LogP contribution in [0.5, 0.6) is 17.4 Å². The molecule has 30 heavy (non-hydrogen) atoms. The van der Waals surface area contributed by atoms with E-state index in [1.54, 1.807) is 22.8 Å². The van der Waals surface area contributed by atoms with Gasteiger partial charge in [-0.1, -0.05) is 13.8 Å². The van der Waals surface area contributed by atoms with Gasteiger partial charge in [-0.3, -0.25) is 4.79 Å². The maximum absolute atomic E-state index is 12.3. The third kappa shape index (κ3) is 7.26. The van der Waals surface area contributed by atoms with Gasteiger partial charge in [-0.2, -0.15) is 18.3 Å². The van der Waals surface area contributed by atoms with E-state index in [2.05, 4.69) is 14.8 Å². The highest BCUT2D eigenvalue weighted by Crippen LogP contribution is 2.31. The van der Waals surface area contributed by atoms with Crippen molar-refractivity contribution < 1.29 is 32.2 Å². The molecule has 3 aromatic rings. The normalized spacial score (nSPS) is 10.3. The van der Waals surface area contributed by atoms with Gasteiger partial charge < -0.3 is 14.2 Å². The van der Waals surface area contributed by atoms with E-state index in [4.69, 9.17) is 14.3 Å². The van der Waals surface area contributed by atoms with E-state index in [0.29, 0.717) is 12.2 Å². The van der Waals surface area contributed by atoms with Crippen LogP contribution in [0.1, 0.15) is 25.1 Å². The number of aromatic nitrogens is 3. The van der Waals surface area contributed by atoms with Crippen LogP contribution < -0.4 is 9.47 Å². The van der Waals surface area contributed by atoms with E-state index in [1.807, 2.05) is 27.7 Å². The third-order valence-corrected chi connectivity index (χ3v) is 3.53. The minimum absolute atomic E-state index is 0.0278. The lowest BCUT2D eigenvalue weighted by atomic mass is 10.2. The molecule has 0 saturated carbocycles. The molecule has 0 unspecified atom stereocenters. The summed E-state index contributed by atoms with van der Waals surface area (Å²) in [6, 6.07) is 6.26. The Morgan fingerprint density at radius 3 is 2.47 bits per heavy atom. The number of pyridine rings is 2. The molecule has 3 aromatic heterocycles. The van der Waals surface area contributed by atoms with Crippen LogP contribution in [0.2, 0.25) is 0 Å². The molecular weight excluding hydrogens is 403 g/mol. The van der Waals surface area contributed by atoms with E-state index in [9.17, 15) is 13.2 Å². The number of rotatable bonds is 5. The summed E-state index contributed by atoms with van der Waals surface area (Å²) in [7, 11) is 1.31. The summed E-state index contributed by atoms with van der Waals surface area (Å²) in [4.78, 5) is 12.9. The van der Waals surface area contributed by atoms with Gasteiger partial charge in [0, 0.05) is 18.5 Å². The second kappa shape index (κ2) is 11.6. The van der Waals surface area contributed by atoms with Crippen molar-refractivity contribution in [1.29, 1.82) is 0 Å². The van der Waals surface area contributed by atoms with E-state index in [1.165, 1.54) is 25.4 Å². The molecule has 0 aliphatic rings. The topological polar surface area (TPSA) is 75.0 Å². The fourth-order valence-electron chi connectivity index (χ4n) is 2.16. The number of fused-ring (bicyclic) bond motifs is 1. The Morgan fingerprint density at radius 1 is 1.20 bits per heavy atom. The summed E-state index contributed by atoms with van der Waals surface area (Å²) >= 11 is 0. The molecule has 0 fully saturated rings. The lowest BCUT2D eigenvalue weighted by Gasteiger charge is -2.12. The van der Waals surface area contributed by atoms with Crippen LogP contribution >= 0.6 is 0 Å². The molecule has 0 aromatic carbocycles. The molecule has 0 aliphatic heterocycles. The second-order valence-corrected chi connectivity index (χ2v) is 5.55. The molecule has 0 bridgehead atoms. The minimum Gasteiger partial charge on any atom is -0.478 e. The van der Waals surface area contributed by atoms with Crippen molar-refractivity contribution in [3.63, 3.8) is 0 Å². The van der Waals surface area contributed by atoms with Crippen LogP contribution in [0, 0.1) is 13.8 Å². The molecule has 3 heterocycles. The molecule has 0 amide bonds. The van der Waals surface area contributed by atoms with Crippen molar-refractivity contribution >= 4 is 12.0 Å². The molecule has 0 N–H and O–H groups in total. The highest BCUT2D eigenvalue weighted by atomic mass is 19.4. The zero-order chi connectivity index (χ0) is 22.7. The Kier molecular flexibility index (Phi) is 9.60. The van der Waals surface area contributed by atoms with Gasteiger partial charge in [0.15, 0.2) is 12.4 Å². The van der Waals surface area contributed by atoms with Gasteiger partial charge in [0.1, 0.15) is 5.75 Å². The lowest BCUT2D eigenvalue weighted by Crippen LogP contribution is -2.19. The first-order valence-electron chi connectivity index (χ1n) is 8.99. The summed E-state index contributed by atoms with van der Waals surface area (Å²) in [6.45, 7) is 6.79. The summed E-state index contributed by atoms with van der Waals surface area (Å²) in [6.07, 6.45) is -1.30. The largest absolute Gasteiger partial charge is 0.478 e. The predicted octanol–water partition coefficient (Wildman–Crippen LogP) is 4.89. The van der Waals surface area contributed by atoms with E-state index in [0.717, 1.165) is 16.8 Å². The van der Waals surface area contributed by atoms with Gasteiger partial charge in [0.05, 0.1) is 18.3 Å². The quantitative estimate of drug-likeness (QED) is 0.540. The van der Waals surface area contributed by atoms with Crippen molar-refractivity contribution in [2.75, 3.05) is 13.7 Å². The second-order valence-electron chi connectivity index (χ2n) is 5.55. The molecular formula is C20H24F3N3O4. The van der Waals surface area contributed by atoms with Crippen LogP contribution in [-0.2, 0) is 9.53 Å². The molecule has 7 nitrogen and oxygen atoms in total. The highest BCUT2D eigenvalue weighted by molar-refractivity contribution is 5.59. The van der Waals surface area contributed by atoms with Crippen molar-refractivity contribution in [2.24, 2.45) is 0 Å². The summed E-state index contributed by atoms with van der Waals surface area (Å²) in [5, 5.41) is 4.33. The smallest absolute Gasteiger partial charge is 0.422 e. The Hall–Kier alpha value is -3.30. The van der Waals surface area contributed by atoms with Crippen LogP contribution in [-0.4, -0.2) is 41.0 Å². The fourth-order valence-corrected chi connectivity index (χ4v) is 2.16. The lowest BCUT2D eigenvalue weighted by molar-refractivity contribution is -0.153. The standard InChI is InChI=1S/C16H14F3N3O2.C2H4O2.C2H6/c1-10-11(2)21-22-7-5-12(8-13(10)22)24-15-14(4-3-6-20-15)23-9-16(17,18)19;1-4-2-3;1-2/h3-8H,9H2,1-2H3;2H,1H3;1-2H3. The van der Waals surface area contributed by atoms with Gasteiger partial charge >= 0.3 is 6.18 Å². The number of aryl methyl sites for hydroxylation is 2. The van der Waals surface area contributed by atoms with Gasteiger partial charge in [0.2, 0.25) is 0 Å². The van der Waals surface area contributed by atoms with Crippen molar-refractivity contribution in [1.82, 2.24) is 14.6 Å². The number of ether oxygens (including phenoxy) is 3. The first kappa shape index (κ1) is 24.7. The van der Waals surface area contributed by atoms with E-state index >= 15 is 0 Å². The van der Waals surface area contributed by atoms with Gasteiger partial charge in [0.25, 0.3) is 12.4 Å². The first-order valence-corrected chi connectivity index (χ1v) is 8.99. The maximum Gasteiger partial charge on any atom is 0.422 e. The van der Waals surface area contributed by atoms with Crippen LogP contribution in [0.3, 0.4) is 0 Å². The molecule has 0 spiro atoms. The van der Waals surface area contributed by atoms with E-state index < -0.39 is 12.8 Å². The van der Waals surface area contributed by atoms with E-state index in [-0.39, 0.29) is 11.6 Å². The molecule has 0 aliphatic carbocycles. The number of hydrogen-bond acceptors (Lipinski definition) is 6. The molecule has 3 rings (SSSR count). The molecule has 0 atom stereocenters. The molecule has 164 valence electrons. The maximum atomic E-state index is 12.3. The number of carbonyl (C=O) groups excluding carboxylic acids is 1. The Bertz CT molecular complexity index is 943. The number of hydrogen-bond donors (Lipinski definition) is 0.